The summed E-state index contributed by atoms with van der Waals surface area (Å²) in [7, 11) is 1.56. The summed E-state index contributed by atoms with van der Waals surface area (Å²) in [6.07, 6.45) is 7.66. The van der Waals surface area contributed by atoms with Crippen LogP contribution in [0.4, 0.5) is 11.4 Å². The second-order valence-electron chi connectivity index (χ2n) is 5.36. The van der Waals surface area contributed by atoms with E-state index < -0.39 is 0 Å². The number of benzene rings is 1. The Kier molecular flexibility index (Phi) is 5.21. The van der Waals surface area contributed by atoms with Crippen LogP contribution < -0.4 is 10.1 Å². The molecule has 2 rings (SSSR count). The van der Waals surface area contributed by atoms with Gasteiger partial charge in [-0.1, -0.05) is 32.1 Å². The molecule has 1 saturated carbocycles. The molecule has 1 aromatic rings. The first-order valence-electron chi connectivity index (χ1n) is 7.27. The molecule has 0 aliphatic heterocycles. The minimum Gasteiger partial charge on any atom is -0.497 e. The van der Waals surface area contributed by atoms with Gasteiger partial charge in [0.2, 0.25) is 0 Å². The van der Waals surface area contributed by atoms with Gasteiger partial charge in [0.1, 0.15) is 11.4 Å². The van der Waals surface area contributed by atoms with Crippen LogP contribution in [0.5, 0.6) is 5.75 Å². The van der Waals surface area contributed by atoms with E-state index >= 15 is 0 Å². The van der Waals surface area contributed by atoms with Gasteiger partial charge in [-0.15, -0.1) is 0 Å². The maximum Gasteiger partial charge on any atom is 0.292 e. The largest absolute Gasteiger partial charge is 0.497 e. The molecular formula is C15H22N2O3. The molecule has 5 nitrogen and oxygen atoms in total. The summed E-state index contributed by atoms with van der Waals surface area (Å²) in [5.74, 6) is 1.40. The van der Waals surface area contributed by atoms with Crippen LogP contribution in [0, 0.1) is 16.0 Å². The van der Waals surface area contributed by atoms with Gasteiger partial charge in [-0.25, -0.2) is 0 Å². The molecule has 1 aromatic carbocycles. The number of nitro benzene ring substituents is 1. The summed E-state index contributed by atoms with van der Waals surface area (Å²) in [6.45, 7) is 0.776. The lowest BCUT2D eigenvalue weighted by Crippen LogP contribution is -2.12. The van der Waals surface area contributed by atoms with Crippen LogP contribution in [0.1, 0.15) is 38.5 Å². The van der Waals surface area contributed by atoms with Crippen molar-refractivity contribution < 1.29 is 9.66 Å². The molecule has 0 unspecified atom stereocenters. The Labute approximate surface area is 119 Å². The maximum absolute atomic E-state index is 11.0. The fraction of sp³-hybridized carbons (Fsp3) is 0.600. The lowest BCUT2D eigenvalue weighted by atomic mass is 9.87. The van der Waals surface area contributed by atoms with Crippen molar-refractivity contribution >= 4 is 11.4 Å². The number of ether oxygens (including phenoxy) is 1. The van der Waals surface area contributed by atoms with E-state index in [1.165, 1.54) is 38.2 Å². The van der Waals surface area contributed by atoms with E-state index in [4.69, 9.17) is 4.74 Å². The van der Waals surface area contributed by atoms with Gasteiger partial charge in [0.25, 0.3) is 5.69 Å². The molecule has 1 fully saturated rings. The molecule has 1 N–H and O–H groups in total. The van der Waals surface area contributed by atoms with Crippen LogP contribution in [0.3, 0.4) is 0 Å². The molecule has 0 saturated heterocycles. The van der Waals surface area contributed by atoms with Crippen LogP contribution in [0.2, 0.25) is 0 Å². The van der Waals surface area contributed by atoms with Gasteiger partial charge < -0.3 is 10.1 Å². The van der Waals surface area contributed by atoms with Crippen molar-refractivity contribution in [3.05, 3.63) is 28.3 Å². The minimum absolute atomic E-state index is 0.106. The van der Waals surface area contributed by atoms with Crippen molar-refractivity contribution in [3.63, 3.8) is 0 Å². The van der Waals surface area contributed by atoms with Gasteiger partial charge in [-0.05, 0) is 18.4 Å². The summed E-state index contributed by atoms with van der Waals surface area (Å²) in [6, 6.07) is 4.80. The van der Waals surface area contributed by atoms with Crippen molar-refractivity contribution in [1.29, 1.82) is 0 Å². The van der Waals surface area contributed by atoms with Crippen molar-refractivity contribution in [1.82, 2.24) is 0 Å². The average molecular weight is 278 g/mol. The first-order valence-corrected chi connectivity index (χ1v) is 7.27. The third-order valence-corrected chi connectivity index (χ3v) is 3.99. The zero-order valence-electron chi connectivity index (χ0n) is 11.9. The first kappa shape index (κ1) is 14.6. The summed E-state index contributed by atoms with van der Waals surface area (Å²) in [5.41, 5.74) is 0.652. The highest BCUT2D eigenvalue weighted by atomic mass is 16.6. The third-order valence-electron chi connectivity index (χ3n) is 3.99. The molecule has 5 heteroatoms. The van der Waals surface area contributed by atoms with Crippen LogP contribution in [-0.4, -0.2) is 18.6 Å². The molecule has 20 heavy (non-hydrogen) atoms. The third kappa shape index (κ3) is 3.85. The predicted octanol–water partition coefficient (Wildman–Crippen LogP) is 3.99. The summed E-state index contributed by atoms with van der Waals surface area (Å²) in [4.78, 5) is 10.7. The van der Waals surface area contributed by atoms with Crippen LogP contribution >= 0.6 is 0 Å². The van der Waals surface area contributed by atoms with Gasteiger partial charge in [0.05, 0.1) is 12.0 Å². The van der Waals surface area contributed by atoms with E-state index in [1.807, 2.05) is 0 Å². The molecule has 0 spiro atoms. The molecule has 110 valence electrons. The first-order chi connectivity index (χ1) is 9.70. The fourth-order valence-electron chi connectivity index (χ4n) is 2.83. The highest BCUT2D eigenvalue weighted by Gasteiger charge is 2.16. The number of rotatable bonds is 6. The average Bonchev–Trinajstić information content (AvgIpc) is 2.48. The molecule has 0 atom stereocenters. The fourth-order valence-corrected chi connectivity index (χ4v) is 2.83. The van der Waals surface area contributed by atoms with Gasteiger partial charge in [0, 0.05) is 18.7 Å². The normalized spacial score (nSPS) is 15.8. The van der Waals surface area contributed by atoms with Gasteiger partial charge in [-0.3, -0.25) is 10.1 Å². The number of methoxy groups -OCH3 is 1. The molecule has 1 aliphatic rings. The van der Waals surface area contributed by atoms with Crippen molar-refractivity contribution in [2.45, 2.75) is 38.5 Å². The Morgan fingerprint density at radius 3 is 2.75 bits per heavy atom. The standard InChI is InChI=1S/C15H22N2O3/c1-20-13-7-8-15(17(18)19)14(11-13)16-10-9-12-5-3-2-4-6-12/h7-8,11-12,16H,2-6,9-10H2,1H3. The Balaban J connectivity index is 1.94. The molecule has 0 aromatic heterocycles. The summed E-state index contributed by atoms with van der Waals surface area (Å²) >= 11 is 0. The SMILES string of the molecule is COc1ccc([N+](=O)[O-])c(NCCC2CCCCC2)c1. The van der Waals surface area contributed by atoms with E-state index in [0.717, 1.165) is 18.9 Å². The van der Waals surface area contributed by atoms with E-state index in [1.54, 1.807) is 19.2 Å². The maximum atomic E-state index is 11.0. The number of nitro groups is 1. The molecule has 0 heterocycles. The number of anilines is 1. The second-order valence-corrected chi connectivity index (χ2v) is 5.36. The number of nitrogens with zero attached hydrogens (tertiary/aromatic N) is 1. The van der Waals surface area contributed by atoms with Crippen molar-refractivity contribution in [2.75, 3.05) is 19.0 Å². The highest BCUT2D eigenvalue weighted by molar-refractivity contribution is 5.64. The van der Waals surface area contributed by atoms with Gasteiger partial charge >= 0.3 is 0 Å². The van der Waals surface area contributed by atoms with E-state index in [2.05, 4.69) is 5.32 Å². The second kappa shape index (κ2) is 7.12. The lowest BCUT2D eigenvalue weighted by molar-refractivity contribution is -0.384. The molecule has 0 bridgehead atoms. The topological polar surface area (TPSA) is 64.4 Å². The number of nitrogens with one attached hydrogen (secondary N) is 1. The Bertz CT molecular complexity index is 456. The van der Waals surface area contributed by atoms with E-state index in [0.29, 0.717) is 11.4 Å². The smallest absolute Gasteiger partial charge is 0.292 e. The van der Waals surface area contributed by atoms with E-state index in [9.17, 15) is 10.1 Å². The lowest BCUT2D eigenvalue weighted by Gasteiger charge is -2.21. The monoisotopic (exact) mass is 278 g/mol. The highest BCUT2D eigenvalue weighted by Crippen LogP contribution is 2.30. The number of hydrogen-bond acceptors (Lipinski definition) is 4. The zero-order chi connectivity index (χ0) is 14.4. The molecule has 1 aliphatic carbocycles. The summed E-state index contributed by atoms with van der Waals surface area (Å²) < 4.78 is 5.12. The quantitative estimate of drug-likeness (QED) is 0.631. The Morgan fingerprint density at radius 2 is 2.10 bits per heavy atom. The van der Waals surface area contributed by atoms with Crippen molar-refractivity contribution in [2.24, 2.45) is 5.92 Å². The Morgan fingerprint density at radius 1 is 1.35 bits per heavy atom. The molecule has 0 amide bonds. The summed E-state index contributed by atoms with van der Waals surface area (Å²) in [5, 5.41) is 14.2. The van der Waals surface area contributed by atoms with Crippen LogP contribution in [-0.2, 0) is 0 Å². The van der Waals surface area contributed by atoms with Crippen molar-refractivity contribution in [3.8, 4) is 5.75 Å². The van der Waals surface area contributed by atoms with Crippen LogP contribution in [0.25, 0.3) is 0 Å². The van der Waals surface area contributed by atoms with Gasteiger partial charge in [0.15, 0.2) is 0 Å². The van der Waals surface area contributed by atoms with Gasteiger partial charge in [-0.2, -0.15) is 0 Å². The minimum atomic E-state index is -0.359. The predicted molar refractivity (Wildman–Crippen MR) is 79.3 cm³/mol. The zero-order valence-corrected chi connectivity index (χ0v) is 11.9. The van der Waals surface area contributed by atoms with Crippen LogP contribution in [0.15, 0.2) is 18.2 Å². The molecule has 0 radical (unpaired) electrons. The Hall–Kier alpha value is -1.78. The van der Waals surface area contributed by atoms with E-state index in [-0.39, 0.29) is 10.6 Å². The molecular weight excluding hydrogens is 256 g/mol. The number of hydrogen-bond donors (Lipinski definition) is 1.